The summed E-state index contributed by atoms with van der Waals surface area (Å²) >= 11 is 0. The third-order valence-corrected chi connectivity index (χ3v) is 3.77. The first-order valence-electron chi connectivity index (χ1n) is 6.82. The molecule has 0 aliphatic heterocycles. The maximum atomic E-state index is 12.3. The van der Waals surface area contributed by atoms with Gasteiger partial charge in [0.25, 0.3) is 11.5 Å². The molecule has 0 spiro atoms. The van der Waals surface area contributed by atoms with Crippen molar-refractivity contribution in [2.75, 3.05) is 0 Å². The number of aromatic nitrogens is 2. The number of H-pyrrole nitrogens is 1. The topological polar surface area (TPSA) is 74.8 Å². The second kappa shape index (κ2) is 5.86. The molecule has 5 nitrogen and oxygen atoms in total. The molecule has 2 N–H and O–H groups in total. The number of fused-ring (bicyclic) bond motifs is 1. The van der Waals surface area contributed by atoms with Crippen LogP contribution in [0, 0.1) is 5.92 Å². The van der Waals surface area contributed by atoms with E-state index in [1.807, 2.05) is 6.92 Å². The molecular weight excluding hydrogens is 254 g/mol. The van der Waals surface area contributed by atoms with Gasteiger partial charge >= 0.3 is 0 Å². The Labute approximate surface area is 117 Å². The second-order valence-corrected chi connectivity index (χ2v) is 5.09. The molecule has 0 saturated heterocycles. The van der Waals surface area contributed by atoms with Gasteiger partial charge in [-0.2, -0.15) is 5.10 Å². The molecule has 0 aliphatic carbocycles. The van der Waals surface area contributed by atoms with E-state index in [4.69, 9.17) is 0 Å². The molecule has 0 aliphatic rings. The minimum absolute atomic E-state index is 0.0555. The highest BCUT2D eigenvalue weighted by molar-refractivity contribution is 6.04. The lowest BCUT2D eigenvalue weighted by Gasteiger charge is -2.19. The summed E-state index contributed by atoms with van der Waals surface area (Å²) in [6, 6.07) is 7.03. The Morgan fingerprint density at radius 1 is 1.30 bits per heavy atom. The lowest BCUT2D eigenvalue weighted by Crippen LogP contribution is -2.37. The molecule has 1 aromatic carbocycles. The quantitative estimate of drug-likeness (QED) is 0.895. The third kappa shape index (κ3) is 2.71. The maximum absolute atomic E-state index is 12.3. The fourth-order valence-electron chi connectivity index (χ4n) is 2.06. The van der Waals surface area contributed by atoms with Crippen LogP contribution in [0.2, 0.25) is 0 Å². The molecule has 2 aromatic rings. The maximum Gasteiger partial charge on any atom is 0.272 e. The zero-order valence-corrected chi connectivity index (χ0v) is 11.9. The van der Waals surface area contributed by atoms with Crippen LogP contribution in [0.15, 0.2) is 29.1 Å². The minimum Gasteiger partial charge on any atom is -0.348 e. The number of amides is 1. The molecule has 0 fully saturated rings. The zero-order valence-electron chi connectivity index (χ0n) is 11.9. The van der Waals surface area contributed by atoms with Gasteiger partial charge in [0.1, 0.15) is 0 Å². The summed E-state index contributed by atoms with van der Waals surface area (Å²) in [6.07, 6.45) is 0.987. The number of carbonyl (C=O) groups is 1. The summed E-state index contributed by atoms with van der Waals surface area (Å²) in [6.45, 7) is 6.14. The number of rotatable bonds is 4. The number of hydrogen-bond acceptors (Lipinski definition) is 3. The van der Waals surface area contributed by atoms with Crippen molar-refractivity contribution in [1.82, 2.24) is 15.5 Å². The summed E-state index contributed by atoms with van der Waals surface area (Å²) in [5.74, 6) is 0.123. The standard InChI is InChI=1S/C15H19N3O2/c1-4-9(2)10(3)16-15(20)13-11-7-5-6-8-12(11)14(19)18-17-13/h5-10H,4H2,1-3H3,(H,16,20)(H,18,19). The number of benzene rings is 1. The number of nitrogens with one attached hydrogen (secondary N) is 2. The number of hydrogen-bond donors (Lipinski definition) is 2. The highest BCUT2D eigenvalue weighted by atomic mass is 16.2. The molecule has 1 aromatic heterocycles. The summed E-state index contributed by atoms with van der Waals surface area (Å²) in [4.78, 5) is 24.0. The van der Waals surface area contributed by atoms with Crippen molar-refractivity contribution in [3.8, 4) is 0 Å². The Balaban J connectivity index is 2.36. The predicted molar refractivity (Wildman–Crippen MR) is 78.7 cm³/mol. The van der Waals surface area contributed by atoms with E-state index in [0.29, 0.717) is 16.7 Å². The fourth-order valence-corrected chi connectivity index (χ4v) is 2.06. The average molecular weight is 273 g/mol. The van der Waals surface area contributed by atoms with Crippen molar-refractivity contribution in [2.24, 2.45) is 5.92 Å². The summed E-state index contributed by atoms with van der Waals surface area (Å²) in [5, 5.41) is 10.3. The van der Waals surface area contributed by atoms with Crippen LogP contribution < -0.4 is 10.9 Å². The van der Waals surface area contributed by atoms with Crippen molar-refractivity contribution in [3.05, 3.63) is 40.3 Å². The molecule has 5 heteroatoms. The minimum atomic E-state index is -0.285. The largest absolute Gasteiger partial charge is 0.348 e. The van der Waals surface area contributed by atoms with Crippen molar-refractivity contribution in [3.63, 3.8) is 0 Å². The Bertz CT molecular complexity index is 678. The van der Waals surface area contributed by atoms with Crippen LogP contribution in [-0.2, 0) is 0 Å². The first-order chi connectivity index (χ1) is 9.54. The molecule has 20 heavy (non-hydrogen) atoms. The summed E-state index contributed by atoms with van der Waals surface area (Å²) < 4.78 is 0. The summed E-state index contributed by atoms with van der Waals surface area (Å²) in [7, 11) is 0. The van der Waals surface area contributed by atoms with E-state index in [1.165, 1.54) is 0 Å². The molecule has 1 amide bonds. The van der Waals surface area contributed by atoms with Gasteiger partial charge in [-0.25, -0.2) is 5.10 Å². The van der Waals surface area contributed by atoms with Crippen molar-refractivity contribution >= 4 is 16.7 Å². The highest BCUT2D eigenvalue weighted by Gasteiger charge is 2.18. The van der Waals surface area contributed by atoms with Crippen LogP contribution in [0.5, 0.6) is 0 Å². The monoisotopic (exact) mass is 273 g/mol. The van der Waals surface area contributed by atoms with Gasteiger partial charge < -0.3 is 5.32 Å². The van der Waals surface area contributed by atoms with E-state index in [-0.39, 0.29) is 23.2 Å². The fraction of sp³-hybridized carbons (Fsp3) is 0.400. The van der Waals surface area contributed by atoms with E-state index in [9.17, 15) is 9.59 Å². The highest BCUT2D eigenvalue weighted by Crippen LogP contribution is 2.13. The first kappa shape index (κ1) is 14.2. The van der Waals surface area contributed by atoms with Gasteiger partial charge in [0.2, 0.25) is 0 Å². The first-order valence-corrected chi connectivity index (χ1v) is 6.82. The third-order valence-electron chi connectivity index (χ3n) is 3.77. The lowest BCUT2D eigenvalue weighted by molar-refractivity contribution is 0.0924. The SMILES string of the molecule is CCC(C)C(C)NC(=O)c1n[nH]c(=O)c2ccccc12. The van der Waals surface area contributed by atoms with Gasteiger partial charge in [0.05, 0.1) is 5.39 Å². The van der Waals surface area contributed by atoms with E-state index in [2.05, 4.69) is 29.4 Å². The predicted octanol–water partition coefficient (Wildman–Crippen LogP) is 2.09. The molecule has 0 saturated carbocycles. The molecule has 0 bridgehead atoms. The van der Waals surface area contributed by atoms with Crippen LogP contribution >= 0.6 is 0 Å². The van der Waals surface area contributed by atoms with Crippen molar-refractivity contribution in [1.29, 1.82) is 0 Å². The molecule has 106 valence electrons. The molecule has 0 radical (unpaired) electrons. The second-order valence-electron chi connectivity index (χ2n) is 5.09. The van der Waals surface area contributed by atoms with Gasteiger partial charge in [-0.05, 0) is 18.9 Å². The Morgan fingerprint density at radius 2 is 1.95 bits per heavy atom. The van der Waals surface area contributed by atoms with Gasteiger partial charge in [-0.1, -0.05) is 38.5 Å². The Hall–Kier alpha value is -2.17. The van der Waals surface area contributed by atoms with Crippen LogP contribution in [0.3, 0.4) is 0 Å². The summed E-state index contributed by atoms with van der Waals surface area (Å²) in [5.41, 5.74) is -0.0255. The molecule has 2 rings (SSSR count). The van der Waals surface area contributed by atoms with Crippen molar-refractivity contribution in [2.45, 2.75) is 33.2 Å². The number of nitrogens with zero attached hydrogens (tertiary/aromatic N) is 1. The van der Waals surface area contributed by atoms with E-state index in [0.717, 1.165) is 6.42 Å². The number of aromatic amines is 1. The number of carbonyl (C=O) groups excluding carboxylic acids is 1. The van der Waals surface area contributed by atoms with Crippen LogP contribution in [-0.4, -0.2) is 22.1 Å². The zero-order chi connectivity index (χ0) is 14.7. The van der Waals surface area contributed by atoms with Gasteiger partial charge in [0.15, 0.2) is 5.69 Å². The molecule has 1 heterocycles. The van der Waals surface area contributed by atoms with Crippen LogP contribution in [0.4, 0.5) is 0 Å². The van der Waals surface area contributed by atoms with E-state index < -0.39 is 0 Å². The van der Waals surface area contributed by atoms with E-state index >= 15 is 0 Å². The molecular formula is C15H19N3O2. The van der Waals surface area contributed by atoms with Gasteiger partial charge in [-0.3, -0.25) is 9.59 Å². The molecule has 2 unspecified atom stereocenters. The van der Waals surface area contributed by atoms with E-state index in [1.54, 1.807) is 24.3 Å². The van der Waals surface area contributed by atoms with Gasteiger partial charge in [0, 0.05) is 11.4 Å². The lowest BCUT2D eigenvalue weighted by atomic mass is 10.0. The average Bonchev–Trinajstić information content (AvgIpc) is 2.46. The Kier molecular flexibility index (Phi) is 4.17. The normalized spacial score (nSPS) is 13.9. The van der Waals surface area contributed by atoms with Crippen molar-refractivity contribution < 1.29 is 4.79 Å². The molecule has 2 atom stereocenters. The Morgan fingerprint density at radius 3 is 2.60 bits per heavy atom. The van der Waals surface area contributed by atoms with Crippen LogP contribution in [0.1, 0.15) is 37.7 Å². The van der Waals surface area contributed by atoms with Crippen LogP contribution in [0.25, 0.3) is 10.8 Å². The van der Waals surface area contributed by atoms with Gasteiger partial charge in [-0.15, -0.1) is 0 Å². The smallest absolute Gasteiger partial charge is 0.272 e.